The molecule has 1 aromatic heterocycles. The Labute approximate surface area is 207 Å². The van der Waals surface area contributed by atoms with Crippen LogP contribution in [0, 0.1) is 0 Å². The maximum Gasteiger partial charge on any atom is 0.246 e. The van der Waals surface area contributed by atoms with E-state index in [1.165, 1.54) is 5.56 Å². The van der Waals surface area contributed by atoms with Gasteiger partial charge in [-0.2, -0.15) is 0 Å². The number of aromatic nitrogens is 1. The molecule has 2 amide bonds. The zero-order valence-electron chi connectivity index (χ0n) is 20.5. The first-order chi connectivity index (χ1) is 17.0. The summed E-state index contributed by atoms with van der Waals surface area (Å²) in [5.74, 6) is -0.233. The van der Waals surface area contributed by atoms with Gasteiger partial charge in [-0.05, 0) is 50.1 Å². The Balaban J connectivity index is 1.54. The van der Waals surface area contributed by atoms with Gasteiger partial charge in [0.15, 0.2) is 0 Å². The molecule has 1 aliphatic rings. The van der Waals surface area contributed by atoms with Crippen molar-refractivity contribution >= 4 is 11.8 Å². The van der Waals surface area contributed by atoms with Gasteiger partial charge in [0.2, 0.25) is 11.8 Å². The van der Waals surface area contributed by atoms with Gasteiger partial charge in [0, 0.05) is 25.1 Å². The second-order valence-corrected chi connectivity index (χ2v) is 9.17. The summed E-state index contributed by atoms with van der Waals surface area (Å²) in [6.45, 7) is 2.46. The van der Waals surface area contributed by atoms with Crippen LogP contribution in [0.15, 0.2) is 78.9 Å². The van der Waals surface area contributed by atoms with Crippen molar-refractivity contribution in [3.8, 4) is 0 Å². The van der Waals surface area contributed by atoms with Crippen LogP contribution >= 0.6 is 0 Å². The summed E-state index contributed by atoms with van der Waals surface area (Å²) >= 11 is 0. The topological polar surface area (TPSA) is 74.3 Å². The summed E-state index contributed by atoms with van der Waals surface area (Å²) in [7, 11) is 1.74. The summed E-state index contributed by atoms with van der Waals surface area (Å²) in [5.41, 5.74) is 4.13. The summed E-state index contributed by atoms with van der Waals surface area (Å²) in [6.07, 6.45) is 2.99. The van der Waals surface area contributed by atoms with E-state index in [9.17, 15) is 9.59 Å². The highest BCUT2D eigenvalue weighted by atomic mass is 16.2. The van der Waals surface area contributed by atoms with Crippen LogP contribution in [0.25, 0.3) is 0 Å². The van der Waals surface area contributed by atoms with E-state index in [0.717, 1.165) is 36.2 Å². The van der Waals surface area contributed by atoms with Crippen molar-refractivity contribution in [2.45, 2.75) is 50.7 Å². The number of hydrogen-bond acceptors (Lipinski definition) is 4. The molecule has 2 N–H and O–H groups in total. The predicted molar refractivity (Wildman–Crippen MR) is 138 cm³/mol. The van der Waals surface area contributed by atoms with Crippen LogP contribution in [-0.4, -0.2) is 47.4 Å². The molecule has 3 aromatic rings. The van der Waals surface area contributed by atoms with Crippen molar-refractivity contribution in [1.82, 2.24) is 20.5 Å². The molecule has 6 nitrogen and oxygen atoms in total. The highest BCUT2D eigenvalue weighted by Crippen LogP contribution is 2.32. The number of likely N-dealkylation sites (tertiary alicyclic amines) is 1. The molecule has 1 saturated heterocycles. The Bertz CT molecular complexity index is 1120. The molecule has 182 valence electrons. The van der Waals surface area contributed by atoms with E-state index in [0.29, 0.717) is 13.0 Å². The lowest BCUT2D eigenvalue weighted by molar-refractivity contribution is -0.137. The Morgan fingerprint density at radius 1 is 0.971 bits per heavy atom. The minimum atomic E-state index is -0.631. The third-order valence-electron chi connectivity index (χ3n) is 6.66. The standard InChI is InChI=1S/C29H34N4O2/c1-21(30-2)28(34)32-26(20-23-13-7-4-8-14-23)29(35)33-18-10-17-27(33)25-16-9-15-24(31-25)19-22-11-5-3-6-12-22/h3-9,11-16,21,26-27,30H,10,17-20H2,1-2H3,(H,32,34)/t21-,26-,27?/m0/s1. The molecule has 1 fully saturated rings. The summed E-state index contributed by atoms with van der Waals surface area (Å²) in [5, 5.41) is 5.95. The van der Waals surface area contributed by atoms with Gasteiger partial charge in [0.25, 0.3) is 0 Å². The van der Waals surface area contributed by atoms with Crippen molar-refractivity contribution in [3.05, 3.63) is 101 Å². The van der Waals surface area contributed by atoms with E-state index in [1.807, 2.05) is 71.6 Å². The highest BCUT2D eigenvalue weighted by Gasteiger charge is 2.36. The molecule has 3 atom stereocenters. The van der Waals surface area contributed by atoms with Crippen LogP contribution in [0.5, 0.6) is 0 Å². The zero-order chi connectivity index (χ0) is 24.6. The van der Waals surface area contributed by atoms with E-state index >= 15 is 0 Å². The molecule has 2 heterocycles. The van der Waals surface area contributed by atoms with Crippen molar-refractivity contribution in [2.24, 2.45) is 0 Å². The van der Waals surface area contributed by atoms with Crippen molar-refractivity contribution in [2.75, 3.05) is 13.6 Å². The lowest BCUT2D eigenvalue weighted by atomic mass is 10.0. The van der Waals surface area contributed by atoms with Crippen molar-refractivity contribution in [3.63, 3.8) is 0 Å². The fourth-order valence-corrected chi connectivity index (χ4v) is 4.60. The quantitative estimate of drug-likeness (QED) is 0.500. The minimum Gasteiger partial charge on any atom is -0.343 e. The number of rotatable bonds is 9. The van der Waals surface area contributed by atoms with E-state index in [4.69, 9.17) is 4.98 Å². The van der Waals surface area contributed by atoms with Gasteiger partial charge in [-0.1, -0.05) is 66.7 Å². The first-order valence-corrected chi connectivity index (χ1v) is 12.4. The zero-order valence-corrected chi connectivity index (χ0v) is 20.5. The molecule has 0 bridgehead atoms. The third kappa shape index (κ3) is 6.34. The second-order valence-electron chi connectivity index (χ2n) is 9.17. The van der Waals surface area contributed by atoms with Gasteiger partial charge in [-0.25, -0.2) is 0 Å². The number of benzene rings is 2. The van der Waals surface area contributed by atoms with Crippen LogP contribution in [-0.2, 0) is 22.4 Å². The van der Waals surface area contributed by atoms with Gasteiger partial charge in [-0.15, -0.1) is 0 Å². The molecule has 4 rings (SSSR count). The fraction of sp³-hybridized carbons (Fsp3) is 0.345. The smallest absolute Gasteiger partial charge is 0.246 e. The molecular formula is C29H34N4O2. The largest absolute Gasteiger partial charge is 0.343 e. The Hall–Kier alpha value is -3.51. The highest BCUT2D eigenvalue weighted by molar-refractivity contribution is 5.90. The average molecular weight is 471 g/mol. The molecule has 0 aliphatic carbocycles. The number of nitrogens with zero attached hydrogens (tertiary/aromatic N) is 2. The maximum atomic E-state index is 13.8. The number of carbonyl (C=O) groups is 2. The molecular weight excluding hydrogens is 436 g/mol. The number of carbonyl (C=O) groups excluding carboxylic acids is 2. The second kappa shape index (κ2) is 11.8. The van der Waals surface area contributed by atoms with Gasteiger partial charge in [0.1, 0.15) is 6.04 Å². The lowest BCUT2D eigenvalue weighted by Gasteiger charge is -2.30. The Kier molecular flexibility index (Phi) is 8.27. The molecule has 0 saturated carbocycles. The number of likely N-dealkylation sites (N-methyl/N-ethyl adjacent to an activating group) is 1. The summed E-state index contributed by atoms with van der Waals surface area (Å²) in [4.78, 5) is 33.4. The fourth-order valence-electron chi connectivity index (χ4n) is 4.60. The van der Waals surface area contributed by atoms with Crippen LogP contribution in [0.4, 0.5) is 0 Å². The van der Waals surface area contributed by atoms with E-state index in [2.05, 4.69) is 22.8 Å². The molecule has 0 radical (unpaired) electrons. The SMILES string of the molecule is CN[C@@H](C)C(=O)N[C@@H](Cc1ccccc1)C(=O)N1CCCC1c1cccc(Cc2ccccc2)n1. The predicted octanol–water partition coefficient (Wildman–Crippen LogP) is 3.67. The monoisotopic (exact) mass is 470 g/mol. The Morgan fingerprint density at radius 2 is 1.66 bits per heavy atom. The first kappa shape index (κ1) is 24.6. The first-order valence-electron chi connectivity index (χ1n) is 12.4. The van der Waals surface area contributed by atoms with E-state index in [-0.39, 0.29) is 23.9 Å². The van der Waals surface area contributed by atoms with Crippen molar-refractivity contribution < 1.29 is 9.59 Å². The van der Waals surface area contributed by atoms with Gasteiger partial charge in [0.05, 0.1) is 17.8 Å². The summed E-state index contributed by atoms with van der Waals surface area (Å²) < 4.78 is 0. The molecule has 6 heteroatoms. The van der Waals surface area contributed by atoms with Gasteiger partial charge in [-0.3, -0.25) is 14.6 Å². The average Bonchev–Trinajstić information content (AvgIpc) is 3.39. The summed E-state index contributed by atoms with van der Waals surface area (Å²) in [6, 6.07) is 25.1. The molecule has 2 aromatic carbocycles. The van der Waals surface area contributed by atoms with E-state index < -0.39 is 6.04 Å². The Morgan fingerprint density at radius 3 is 2.34 bits per heavy atom. The van der Waals surface area contributed by atoms with Crippen LogP contribution in [0.3, 0.4) is 0 Å². The molecule has 1 unspecified atom stereocenters. The molecule has 0 spiro atoms. The number of hydrogen-bond donors (Lipinski definition) is 2. The molecule has 35 heavy (non-hydrogen) atoms. The lowest BCUT2D eigenvalue weighted by Crippen LogP contribution is -2.53. The van der Waals surface area contributed by atoms with Gasteiger partial charge >= 0.3 is 0 Å². The van der Waals surface area contributed by atoms with Gasteiger partial charge < -0.3 is 15.5 Å². The maximum absolute atomic E-state index is 13.8. The van der Waals surface area contributed by atoms with Crippen molar-refractivity contribution in [1.29, 1.82) is 0 Å². The molecule has 1 aliphatic heterocycles. The van der Waals surface area contributed by atoms with Crippen LogP contribution in [0.2, 0.25) is 0 Å². The number of pyridine rings is 1. The van der Waals surface area contributed by atoms with Crippen LogP contribution in [0.1, 0.15) is 48.3 Å². The van der Waals surface area contributed by atoms with Crippen LogP contribution < -0.4 is 10.6 Å². The third-order valence-corrected chi connectivity index (χ3v) is 6.66. The van der Waals surface area contributed by atoms with E-state index in [1.54, 1.807) is 14.0 Å². The minimum absolute atomic E-state index is 0.0525. The number of nitrogens with one attached hydrogen (secondary N) is 2. The normalized spacial score (nSPS) is 17.1. The number of amides is 2.